The maximum Gasteiger partial charge on any atom is 0.234 e. The Bertz CT molecular complexity index is 333. The molecule has 0 aromatic carbocycles. The average Bonchev–Trinajstić information content (AvgIpc) is 2.62. The Balaban J connectivity index is 2.19. The molecule has 5 heteroatoms. The summed E-state index contributed by atoms with van der Waals surface area (Å²) in [6, 6.07) is 0. The Hall–Kier alpha value is -1.62. The summed E-state index contributed by atoms with van der Waals surface area (Å²) >= 11 is 0. The van der Waals surface area contributed by atoms with E-state index in [9.17, 15) is 4.79 Å². The highest BCUT2D eigenvalue weighted by molar-refractivity contribution is 5.77. The third-order valence-electron chi connectivity index (χ3n) is 1.68. The van der Waals surface area contributed by atoms with Crippen LogP contribution in [-0.4, -0.2) is 24.0 Å². The molecule has 0 aliphatic carbocycles. The van der Waals surface area contributed by atoms with Gasteiger partial charge in [-0.3, -0.25) is 4.79 Å². The lowest BCUT2D eigenvalue weighted by Gasteiger charge is -2.02. The fourth-order valence-electron chi connectivity index (χ4n) is 1.01. The average molecular weight is 209 g/mol. The Morgan fingerprint density at radius 2 is 2.53 bits per heavy atom. The first-order valence-electron chi connectivity index (χ1n) is 4.72. The van der Waals surface area contributed by atoms with E-state index in [2.05, 4.69) is 22.2 Å². The second-order valence-corrected chi connectivity index (χ2v) is 3.06. The smallest absolute Gasteiger partial charge is 0.234 e. The molecule has 0 radical (unpaired) electrons. The SMILES string of the molecule is C=CCNCC(=O)NCc1ncc(C)o1. The van der Waals surface area contributed by atoms with Crippen LogP contribution in [0, 0.1) is 6.92 Å². The number of rotatable bonds is 6. The van der Waals surface area contributed by atoms with Gasteiger partial charge < -0.3 is 15.1 Å². The van der Waals surface area contributed by atoms with Gasteiger partial charge in [-0.05, 0) is 6.92 Å². The van der Waals surface area contributed by atoms with Gasteiger partial charge in [0.2, 0.25) is 11.8 Å². The molecule has 0 saturated carbocycles. The molecule has 0 saturated heterocycles. The zero-order valence-corrected chi connectivity index (χ0v) is 8.75. The number of hydrogen-bond acceptors (Lipinski definition) is 4. The molecule has 1 rings (SSSR count). The number of nitrogens with one attached hydrogen (secondary N) is 2. The minimum Gasteiger partial charge on any atom is -0.444 e. The number of aryl methyl sites for hydroxylation is 1. The fraction of sp³-hybridized carbons (Fsp3) is 0.400. The highest BCUT2D eigenvalue weighted by atomic mass is 16.4. The van der Waals surface area contributed by atoms with Crippen LogP contribution in [0.15, 0.2) is 23.3 Å². The summed E-state index contributed by atoms with van der Waals surface area (Å²) < 4.78 is 5.20. The zero-order chi connectivity index (χ0) is 11.1. The highest BCUT2D eigenvalue weighted by Gasteiger charge is 2.03. The molecule has 1 aromatic heterocycles. The Kier molecular flexibility index (Phi) is 4.56. The van der Waals surface area contributed by atoms with Crippen molar-refractivity contribution in [1.82, 2.24) is 15.6 Å². The van der Waals surface area contributed by atoms with Crippen LogP contribution < -0.4 is 10.6 Å². The number of amides is 1. The Morgan fingerprint density at radius 1 is 1.73 bits per heavy atom. The standard InChI is InChI=1S/C10H15N3O2/c1-3-4-11-6-9(14)12-7-10-13-5-8(2)15-10/h3,5,11H,1,4,6-7H2,2H3,(H,12,14). The summed E-state index contributed by atoms with van der Waals surface area (Å²) in [5.74, 6) is 1.17. The zero-order valence-electron chi connectivity index (χ0n) is 8.75. The van der Waals surface area contributed by atoms with E-state index in [4.69, 9.17) is 4.42 Å². The van der Waals surface area contributed by atoms with E-state index >= 15 is 0 Å². The molecule has 1 amide bonds. The van der Waals surface area contributed by atoms with Gasteiger partial charge >= 0.3 is 0 Å². The summed E-state index contributed by atoms with van der Waals surface area (Å²) in [7, 11) is 0. The Morgan fingerprint density at radius 3 is 3.13 bits per heavy atom. The third kappa shape index (κ3) is 4.42. The van der Waals surface area contributed by atoms with Gasteiger partial charge in [0.25, 0.3) is 0 Å². The van der Waals surface area contributed by atoms with Crippen LogP contribution in [0.5, 0.6) is 0 Å². The van der Waals surface area contributed by atoms with E-state index in [0.717, 1.165) is 5.76 Å². The van der Waals surface area contributed by atoms with Gasteiger partial charge in [-0.15, -0.1) is 6.58 Å². The summed E-state index contributed by atoms with van der Waals surface area (Å²) in [6.07, 6.45) is 3.32. The lowest BCUT2D eigenvalue weighted by Crippen LogP contribution is -2.33. The Labute approximate surface area is 88.6 Å². The molecule has 2 N–H and O–H groups in total. The van der Waals surface area contributed by atoms with Crippen molar-refractivity contribution >= 4 is 5.91 Å². The molecule has 1 aromatic rings. The summed E-state index contributed by atoms with van der Waals surface area (Å²) in [6.45, 7) is 6.55. The van der Waals surface area contributed by atoms with E-state index in [0.29, 0.717) is 19.0 Å². The first-order chi connectivity index (χ1) is 7.22. The minimum atomic E-state index is -0.0901. The van der Waals surface area contributed by atoms with Crippen molar-refractivity contribution < 1.29 is 9.21 Å². The minimum absolute atomic E-state index is 0.0901. The number of carbonyl (C=O) groups is 1. The van der Waals surface area contributed by atoms with Crippen LogP contribution in [0.2, 0.25) is 0 Å². The van der Waals surface area contributed by atoms with Gasteiger partial charge in [0, 0.05) is 6.54 Å². The first-order valence-corrected chi connectivity index (χ1v) is 4.72. The van der Waals surface area contributed by atoms with Gasteiger partial charge in [-0.1, -0.05) is 6.08 Å². The molecule has 0 spiro atoms. The van der Waals surface area contributed by atoms with Crippen molar-refractivity contribution in [3.8, 4) is 0 Å². The van der Waals surface area contributed by atoms with Crippen molar-refractivity contribution in [2.45, 2.75) is 13.5 Å². The predicted octanol–water partition coefficient (Wildman–Crippen LogP) is 0.375. The lowest BCUT2D eigenvalue weighted by molar-refractivity contribution is -0.120. The topological polar surface area (TPSA) is 67.2 Å². The quantitative estimate of drug-likeness (QED) is 0.525. The second kappa shape index (κ2) is 5.98. The molecular weight excluding hydrogens is 194 g/mol. The van der Waals surface area contributed by atoms with Crippen LogP contribution in [0.1, 0.15) is 11.7 Å². The molecule has 15 heavy (non-hydrogen) atoms. The van der Waals surface area contributed by atoms with Crippen LogP contribution in [0.3, 0.4) is 0 Å². The fourth-order valence-corrected chi connectivity index (χ4v) is 1.01. The van der Waals surface area contributed by atoms with Crippen LogP contribution in [0.25, 0.3) is 0 Å². The van der Waals surface area contributed by atoms with Crippen LogP contribution in [0.4, 0.5) is 0 Å². The summed E-state index contributed by atoms with van der Waals surface area (Å²) in [5, 5.41) is 5.57. The number of nitrogens with zero attached hydrogens (tertiary/aromatic N) is 1. The summed E-state index contributed by atoms with van der Waals surface area (Å²) in [5.41, 5.74) is 0. The van der Waals surface area contributed by atoms with E-state index in [-0.39, 0.29) is 12.5 Å². The normalized spacial score (nSPS) is 9.93. The molecular formula is C10H15N3O2. The van der Waals surface area contributed by atoms with Gasteiger partial charge in [-0.25, -0.2) is 4.98 Å². The van der Waals surface area contributed by atoms with Crippen molar-refractivity contribution in [2.24, 2.45) is 0 Å². The molecule has 0 unspecified atom stereocenters. The van der Waals surface area contributed by atoms with Crippen LogP contribution >= 0.6 is 0 Å². The first kappa shape index (κ1) is 11.5. The van der Waals surface area contributed by atoms with Gasteiger partial charge in [0.15, 0.2) is 0 Å². The molecule has 0 aliphatic rings. The van der Waals surface area contributed by atoms with E-state index in [1.54, 1.807) is 12.3 Å². The monoisotopic (exact) mass is 209 g/mol. The van der Waals surface area contributed by atoms with Gasteiger partial charge in [-0.2, -0.15) is 0 Å². The number of oxazole rings is 1. The van der Waals surface area contributed by atoms with E-state index in [1.165, 1.54) is 0 Å². The largest absolute Gasteiger partial charge is 0.444 e. The molecule has 1 heterocycles. The van der Waals surface area contributed by atoms with Crippen molar-refractivity contribution in [3.05, 3.63) is 30.5 Å². The summed E-state index contributed by atoms with van der Waals surface area (Å²) in [4.78, 5) is 15.2. The molecule has 82 valence electrons. The molecule has 0 fully saturated rings. The molecule has 0 atom stereocenters. The highest BCUT2D eigenvalue weighted by Crippen LogP contribution is 1.99. The van der Waals surface area contributed by atoms with Crippen molar-refractivity contribution in [2.75, 3.05) is 13.1 Å². The lowest BCUT2D eigenvalue weighted by atomic mass is 10.5. The van der Waals surface area contributed by atoms with Gasteiger partial charge in [0.05, 0.1) is 19.3 Å². The number of carbonyl (C=O) groups excluding carboxylic acids is 1. The number of aromatic nitrogens is 1. The molecule has 0 bridgehead atoms. The van der Waals surface area contributed by atoms with Crippen LogP contribution in [-0.2, 0) is 11.3 Å². The van der Waals surface area contributed by atoms with E-state index in [1.807, 2.05) is 6.92 Å². The maximum absolute atomic E-state index is 11.2. The van der Waals surface area contributed by atoms with Crippen molar-refractivity contribution in [3.63, 3.8) is 0 Å². The van der Waals surface area contributed by atoms with Crippen molar-refractivity contribution in [1.29, 1.82) is 0 Å². The number of hydrogen-bond donors (Lipinski definition) is 2. The molecule has 5 nitrogen and oxygen atoms in total. The van der Waals surface area contributed by atoms with E-state index < -0.39 is 0 Å². The third-order valence-corrected chi connectivity index (χ3v) is 1.68. The molecule has 0 aliphatic heterocycles. The second-order valence-electron chi connectivity index (χ2n) is 3.06. The predicted molar refractivity (Wildman–Crippen MR) is 56.2 cm³/mol. The van der Waals surface area contributed by atoms with Gasteiger partial charge in [0.1, 0.15) is 5.76 Å². The maximum atomic E-state index is 11.2.